The molecule has 3 aliphatic heterocycles. The number of carbonyl (C=O) groups excluding carboxylic acids is 7. The standard InChI is InChI=1S/C20H32O2.C18H15S.C16H16O4.C13H18O5.C12H16O3.C9H16F2O5S.C2H4O2.Zn/c1-5-19(3,4)18(21)22-20(6-2)11-14-10-15(20)17-13-8-7-12(9-13)16(14)17;1-4-10-16(11-5-1)19(17-12-6-2-7-13-17)18-14-8-3-9-15-18;1-3-10(2)16(19)20-14-7-6-11-8-13(15(17)18)5-4-12(11)9-14;1-4-13(2,3)12(15)18-9-7-5-6-8(16-7)10(9)17-11(6)14;1-4-12(2,3)11(14)15-10-7-5-9(13)6-8-10;1-5-8(3,4)7(12)16-6(2)9(10,11)17(13,14)15;1-2(3)4;/h12-17H,5-11H2,1-4H3;1-15H;4-10H,3H2,1-2H3,(H,17,18);6-10H,4-5H2,1-3H3;5-8,13H,4H2,1-3H3;6H,5H2,1-4H3,(H,13,14,15);1H3,(H,3,4);/q;+1;;;;;;+2/p-2. The number of carboxylic acids is 2. The summed E-state index contributed by atoms with van der Waals surface area (Å²) in [7, 11) is -5.87. The zero-order valence-electron chi connectivity index (χ0n) is 69.9. The molecule has 3 saturated heterocycles. The van der Waals surface area contributed by atoms with E-state index in [0.29, 0.717) is 43.6 Å². The number of aromatic hydroxyl groups is 1. The summed E-state index contributed by atoms with van der Waals surface area (Å²) in [6.07, 6.45) is 8.39. The van der Waals surface area contributed by atoms with E-state index in [0.717, 1.165) is 79.4 Å². The van der Waals surface area contributed by atoms with Crippen LogP contribution in [0.4, 0.5) is 8.78 Å². The molecule has 21 nitrogen and oxygen atoms in total. The summed E-state index contributed by atoms with van der Waals surface area (Å²) in [5.41, 5.74) is -2.22. The van der Waals surface area contributed by atoms with Crippen LogP contribution in [0.15, 0.2) is 166 Å². The Morgan fingerprint density at radius 3 is 1.55 bits per heavy atom. The van der Waals surface area contributed by atoms with Crippen LogP contribution >= 0.6 is 0 Å². The van der Waals surface area contributed by atoms with Gasteiger partial charge in [0.1, 0.15) is 29.0 Å². The molecule has 6 aromatic carbocycles. The molecule has 14 unspecified atom stereocenters. The third kappa shape index (κ3) is 23.9. The summed E-state index contributed by atoms with van der Waals surface area (Å²) < 4.78 is 94.5. The first-order valence-corrected chi connectivity index (χ1v) is 42.4. The maximum atomic E-state index is 13.0. The molecule has 14 atom stereocenters. The van der Waals surface area contributed by atoms with E-state index < -0.39 is 67.8 Å². The number of ether oxygens (including phenoxy) is 7. The molecule has 628 valence electrons. The number of halogens is 2. The van der Waals surface area contributed by atoms with Crippen LogP contribution < -0.4 is 14.6 Å². The molecular weight excluding hydrogens is 1580 g/mol. The van der Waals surface area contributed by atoms with Crippen LogP contribution in [-0.2, 0) is 97.7 Å². The molecule has 4 aliphatic carbocycles. The minimum atomic E-state index is -5.86. The molecule has 0 aromatic heterocycles. The topological polar surface area (TPSA) is 322 Å². The number of hydrogen-bond acceptors (Lipinski definition) is 20. The van der Waals surface area contributed by atoms with Gasteiger partial charge >= 0.3 is 66.5 Å². The van der Waals surface area contributed by atoms with Gasteiger partial charge < -0.3 is 57.8 Å². The summed E-state index contributed by atoms with van der Waals surface area (Å²) in [6.45, 7) is 29.7. The van der Waals surface area contributed by atoms with Crippen molar-refractivity contribution in [2.75, 3.05) is 0 Å². The molecule has 0 spiro atoms. The molecule has 116 heavy (non-hydrogen) atoms. The number of aliphatic carboxylic acids is 1. The zero-order chi connectivity index (χ0) is 85.5. The van der Waals surface area contributed by atoms with Crippen molar-refractivity contribution in [1.29, 1.82) is 0 Å². The van der Waals surface area contributed by atoms with E-state index >= 15 is 0 Å². The van der Waals surface area contributed by atoms with Crippen LogP contribution in [0.25, 0.3) is 10.8 Å². The molecule has 6 aromatic rings. The van der Waals surface area contributed by atoms with Crippen LogP contribution in [0.5, 0.6) is 17.2 Å². The number of benzene rings is 6. The summed E-state index contributed by atoms with van der Waals surface area (Å²) in [4.78, 5) is 95.0. The second kappa shape index (κ2) is 41.0. The van der Waals surface area contributed by atoms with Crippen molar-refractivity contribution in [2.45, 2.75) is 251 Å². The number of carbonyl (C=O) groups is 8. The maximum Gasteiger partial charge on any atom is 2.00 e. The molecule has 0 amide bonds. The number of carboxylic acid groups (broad SMARTS) is 2. The van der Waals surface area contributed by atoms with E-state index in [9.17, 15) is 55.3 Å². The molecule has 26 heteroatoms. The Balaban J connectivity index is 0.000000215. The third-order valence-electron chi connectivity index (χ3n) is 23.9. The van der Waals surface area contributed by atoms with Crippen molar-refractivity contribution in [3.05, 3.63) is 157 Å². The zero-order valence-corrected chi connectivity index (χ0v) is 74.5. The largest absolute Gasteiger partial charge is 2.00 e. The van der Waals surface area contributed by atoms with Gasteiger partial charge in [-0.25, -0.2) is 13.2 Å². The average molecular weight is 1700 g/mol. The van der Waals surface area contributed by atoms with Gasteiger partial charge in [-0.1, -0.05) is 115 Å². The summed E-state index contributed by atoms with van der Waals surface area (Å²) in [5.74, 6) is 2.23. The van der Waals surface area contributed by atoms with Crippen LogP contribution in [0.2, 0.25) is 0 Å². The molecule has 4 saturated carbocycles. The number of rotatable bonds is 22. The summed E-state index contributed by atoms with van der Waals surface area (Å²) >= 11 is 0. The van der Waals surface area contributed by atoms with Gasteiger partial charge in [0.15, 0.2) is 43.1 Å². The van der Waals surface area contributed by atoms with Crippen molar-refractivity contribution < 1.29 is 128 Å². The van der Waals surface area contributed by atoms with Gasteiger partial charge in [0.25, 0.3) is 0 Å². The number of phenolic OH excluding ortho intramolecular Hbond substituents is 1. The van der Waals surface area contributed by atoms with Crippen molar-refractivity contribution in [3.63, 3.8) is 0 Å². The van der Waals surface area contributed by atoms with Gasteiger partial charge in [-0.15, -0.1) is 0 Å². The Kier molecular flexibility index (Phi) is 34.2. The molecule has 0 radical (unpaired) electrons. The normalized spacial score (nSPS) is 23.4. The minimum Gasteiger partial charge on any atom is -0.743 e. The predicted octanol–water partition coefficient (Wildman–Crippen LogP) is 17.1. The number of fused-ring (bicyclic) bond motifs is 11. The van der Waals surface area contributed by atoms with E-state index in [1.165, 1.54) is 72.4 Å². The van der Waals surface area contributed by atoms with Crippen LogP contribution in [-0.4, -0.2) is 112 Å². The Hall–Kier alpha value is -8.16. The molecule has 6 bridgehead atoms. The Bertz CT molecular complexity index is 4330. The smallest absolute Gasteiger partial charge is 0.743 e. The third-order valence-corrected chi connectivity index (χ3v) is 27.2. The second-order valence-electron chi connectivity index (χ2n) is 33.2. The monoisotopic (exact) mass is 1700 g/mol. The average Bonchev–Trinajstić information content (AvgIpc) is 1.53. The van der Waals surface area contributed by atoms with E-state index in [-0.39, 0.29) is 107 Å². The second-order valence-corrected chi connectivity index (χ2v) is 36.7. The van der Waals surface area contributed by atoms with E-state index in [1.807, 2.05) is 69.2 Å². The summed E-state index contributed by atoms with van der Waals surface area (Å²) in [6, 6.07) is 48.3. The van der Waals surface area contributed by atoms with Gasteiger partial charge in [0, 0.05) is 11.9 Å². The van der Waals surface area contributed by atoms with E-state index in [4.69, 9.17) is 48.5 Å². The number of esters is 6. The van der Waals surface area contributed by atoms with Crippen molar-refractivity contribution >= 4 is 79.5 Å². The minimum absolute atomic E-state index is 0. The summed E-state index contributed by atoms with van der Waals surface area (Å²) in [5, 5.41) is 23.9. The first kappa shape index (κ1) is 96.7. The molecule has 7 fully saturated rings. The van der Waals surface area contributed by atoms with Crippen molar-refractivity contribution in [2.24, 2.45) is 69.0 Å². The van der Waals surface area contributed by atoms with Gasteiger partial charge in [-0.3, -0.25) is 28.8 Å². The Morgan fingerprint density at radius 2 is 1.07 bits per heavy atom. The fourth-order valence-corrected chi connectivity index (χ4v) is 17.7. The van der Waals surface area contributed by atoms with Crippen LogP contribution in [0.3, 0.4) is 0 Å². The Labute approximate surface area is 697 Å². The van der Waals surface area contributed by atoms with Gasteiger partial charge in [-0.2, -0.15) is 8.78 Å². The quantitative estimate of drug-likeness (QED) is 0.0121. The Morgan fingerprint density at radius 1 is 0.603 bits per heavy atom. The number of alkyl halides is 2. The fraction of sp³-hybridized carbons (Fsp3) is 0.533. The van der Waals surface area contributed by atoms with Gasteiger partial charge in [0.05, 0.1) is 56.1 Å². The molecule has 7 aliphatic rings. The van der Waals surface area contributed by atoms with Crippen LogP contribution in [0, 0.1) is 69.0 Å². The first-order valence-electron chi connectivity index (χ1n) is 39.8. The fourth-order valence-electron chi connectivity index (χ4n) is 15.1. The number of hydrogen-bond donors (Lipinski definition) is 2. The van der Waals surface area contributed by atoms with Crippen LogP contribution in [0.1, 0.15) is 205 Å². The number of phenols is 1. The van der Waals surface area contributed by atoms with Crippen molar-refractivity contribution in [1.82, 2.24) is 0 Å². The molecule has 2 N–H and O–H groups in total. The van der Waals surface area contributed by atoms with Crippen molar-refractivity contribution in [3.8, 4) is 17.2 Å². The molecule has 3 heterocycles. The predicted molar refractivity (Wildman–Crippen MR) is 428 cm³/mol. The maximum absolute atomic E-state index is 13.0. The van der Waals surface area contributed by atoms with Gasteiger partial charge in [-0.05, 0) is 272 Å². The number of aromatic carboxylic acids is 1. The van der Waals surface area contributed by atoms with E-state index in [1.54, 1.807) is 49.4 Å². The SMILES string of the molecule is CC(=O)[O-].CCC(C)(C)C(=O)OC(C)C(F)(F)S(=O)(=O)[O-].CCC(C)(C)C(=O)OC1(CC)CC2CC1C1C3CCC(C3)C21.CCC(C)(C)C(=O)OC1C2CC3C(=O)OC1C3O2.CCC(C)(C)C(=O)Oc1ccc(O)cc1.CCC(C)C(=O)Oc1ccc2cc(C(=O)O)ccc2c1.[Zn+2].c1ccc([S+](c2ccccc2)c2ccccc2)cc1. The van der Waals surface area contributed by atoms with E-state index in [2.05, 4.69) is 110 Å². The first-order chi connectivity index (χ1) is 53.9. The van der Waals surface area contributed by atoms with Gasteiger partial charge in [0.2, 0.25) is 0 Å². The molecule has 13 rings (SSSR count). The molecular formula is C90H115F2O21S2Zn+.